The summed E-state index contributed by atoms with van der Waals surface area (Å²) >= 11 is 0. The number of nitrogens with zero attached hydrogens (tertiary/aromatic N) is 1. The highest BCUT2D eigenvalue weighted by Crippen LogP contribution is 2.77. The van der Waals surface area contributed by atoms with E-state index in [2.05, 4.69) is 6.07 Å². The van der Waals surface area contributed by atoms with E-state index in [0.717, 1.165) is 12.1 Å². The van der Waals surface area contributed by atoms with E-state index in [9.17, 15) is 28.7 Å². The molecule has 2 saturated carbocycles. The number of hydrogen-bond donors (Lipinski definition) is 2. The third-order valence-corrected chi connectivity index (χ3v) is 6.46. The smallest absolute Gasteiger partial charge is 0.310 e. The number of hydrogen-bond acceptors (Lipinski definition) is 4. The second kappa shape index (κ2) is 6.13. The lowest BCUT2D eigenvalue weighted by Crippen LogP contribution is -2.45. The Labute approximate surface area is 149 Å². The van der Waals surface area contributed by atoms with Gasteiger partial charge in [0.15, 0.2) is 17.4 Å². The Morgan fingerprint density at radius 2 is 2.08 bits per heavy atom. The lowest BCUT2D eigenvalue weighted by atomic mass is 9.65. The molecule has 2 aliphatic rings. The highest BCUT2D eigenvalue weighted by Gasteiger charge is 2.82. The maximum atomic E-state index is 13.5. The van der Waals surface area contributed by atoms with E-state index in [1.54, 1.807) is 6.92 Å². The van der Waals surface area contributed by atoms with Crippen LogP contribution in [-0.4, -0.2) is 23.4 Å². The monoisotopic (exact) mass is 362 g/mol. The van der Waals surface area contributed by atoms with Crippen LogP contribution in [0.2, 0.25) is 0 Å². The van der Waals surface area contributed by atoms with Gasteiger partial charge in [-0.1, -0.05) is 13.0 Å². The molecule has 2 fully saturated rings. The number of carboxylic acids is 1. The zero-order chi connectivity index (χ0) is 19.3. The van der Waals surface area contributed by atoms with E-state index in [4.69, 9.17) is 5.73 Å². The van der Waals surface area contributed by atoms with E-state index in [1.807, 2.05) is 0 Å². The van der Waals surface area contributed by atoms with E-state index < -0.39 is 46.1 Å². The number of benzene rings is 1. The zero-order valence-electron chi connectivity index (χ0n) is 14.3. The quantitative estimate of drug-likeness (QED) is 0.808. The Balaban J connectivity index is 2.00. The Bertz CT molecular complexity index is 821. The van der Waals surface area contributed by atoms with Crippen molar-refractivity contribution in [2.45, 2.75) is 26.2 Å². The maximum Gasteiger partial charge on any atom is 0.310 e. The number of carbonyl (C=O) groups is 2. The Morgan fingerprint density at radius 1 is 1.38 bits per heavy atom. The average Bonchev–Trinajstić information content (AvgIpc) is 3.16. The van der Waals surface area contributed by atoms with Crippen molar-refractivity contribution in [2.75, 3.05) is 6.54 Å². The molecule has 5 nitrogen and oxygen atoms in total. The van der Waals surface area contributed by atoms with Crippen LogP contribution in [0.5, 0.6) is 0 Å². The number of aliphatic carboxylic acids is 1. The van der Waals surface area contributed by atoms with Crippen molar-refractivity contribution >= 4 is 11.8 Å². The summed E-state index contributed by atoms with van der Waals surface area (Å²) in [5.41, 5.74) is 3.43. The molecule has 0 saturated heterocycles. The normalized spacial score (nSPS) is 34.8. The van der Waals surface area contributed by atoms with Crippen LogP contribution in [0.4, 0.5) is 8.78 Å². The van der Waals surface area contributed by atoms with Gasteiger partial charge in [-0.05, 0) is 48.8 Å². The number of rotatable bonds is 6. The molecule has 0 heterocycles. The fourth-order valence-corrected chi connectivity index (χ4v) is 5.25. The number of nitrogens with two attached hydrogens (primary N) is 1. The number of fused-ring (bicyclic) bond motifs is 1. The van der Waals surface area contributed by atoms with Crippen LogP contribution >= 0.6 is 0 Å². The van der Waals surface area contributed by atoms with Crippen LogP contribution in [0.1, 0.15) is 25.3 Å². The molecule has 0 bridgehead atoms. The van der Waals surface area contributed by atoms with Crippen LogP contribution in [-0.2, 0) is 16.0 Å². The predicted molar refractivity (Wildman–Crippen MR) is 87.6 cm³/mol. The van der Waals surface area contributed by atoms with E-state index in [-0.39, 0.29) is 18.9 Å². The number of ketones is 1. The number of carboxylic acid groups (broad SMARTS) is 1. The van der Waals surface area contributed by atoms with Crippen LogP contribution in [0.15, 0.2) is 18.2 Å². The standard InChI is InChI=1S/C19H20F2N2O3/c1-2-18(17(25)26)12-7-11(5-10-3-4-13(20)14(21)6-10)19(9-23,16(12)18)15(24)8-22/h3-4,6,11-12,16H,2,5,7-8,22H2,1H3,(H,25,26). The first-order valence-electron chi connectivity index (χ1n) is 8.61. The van der Waals surface area contributed by atoms with Gasteiger partial charge in [0.1, 0.15) is 5.41 Å². The van der Waals surface area contributed by atoms with Gasteiger partial charge in [-0.25, -0.2) is 8.78 Å². The number of nitriles is 1. The first kappa shape index (κ1) is 18.5. The molecule has 7 heteroatoms. The van der Waals surface area contributed by atoms with E-state index >= 15 is 0 Å². The largest absolute Gasteiger partial charge is 0.481 e. The summed E-state index contributed by atoms with van der Waals surface area (Å²) in [5.74, 6) is -4.77. The molecule has 1 aromatic carbocycles. The highest BCUT2D eigenvalue weighted by molar-refractivity contribution is 5.94. The topological polar surface area (TPSA) is 104 Å². The van der Waals surface area contributed by atoms with Gasteiger partial charge in [-0.15, -0.1) is 0 Å². The summed E-state index contributed by atoms with van der Waals surface area (Å²) in [6.07, 6.45) is 0.906. The summed E-state index contributed by atoms with van der Waals surface area (Å²) in [5, 5.41) is 19.6. The molecule has 1 aromatic rings. The number of halogens is 2. The van der Waals surface area contributed by atoms with Crippen LogP contribution in [0, 0.1) is 51.5 Å². The second-order valence-corrected chi connectivity index (χ2v) is 7.28. The molecule has 3 N–H and O–H groups in total. The van der Waals surface area contributed by atoms with Gasteiger partial charge in [0.25, 0.3) is 0 Å². The molecule has 0 aromatic heterocycles. The van der Waals surface area contributed by atoms with Crippen molar-refractivity contribution < 1.29 is 23.5 Å². The lowest BCUT2D eigenvalue weighted by molar-refractivity contribution is -0.146. The molecule has 5 atom stereocenters. The zero-order valence-corrected chi connectivity index (χ0v) is 14.3. The molecule has 0 aliphatic heterocycles. The molecule has 2 aliphatic carbocycles. The second-order valence-electron chi connectivity index (χ2n) is 7.28. The number of carbonyl (C=O) groups excluding carboxylic acids is 1. The van der Waals surface area contributed by atoms with Gasteiger partial charge >= 0.3 is 5.97 Å². The van der Waals surface area contributed by atoms with Crippen LogP contribution in [0.3, 0.4) is 0 Å². The summed E-state index contributed by atoms with van der Waals surface area (Å²) in [4.78, 5) is 24.5. The van der Waals surface area contributed by atoms with E-state index in [1.165, 1.54) is 6.07 Å². The molecule has 0 spiro atoms. The first-order chi connectivity index (χ1) is 12.3. The predicted octanol–water partition coefficient (Wildman–Crippen LogP) is 2.29. The molecule has 0 amide bonds. The van der Waals surface area contributed by atoms with Gasteiger partial charge in [0.2, 0.25) is 0 Å². The van der Waals surface area contributed by atoms with Crippen molar-refractivity contribution in [3.63, 3.8) is 0 Å². The minimum absolute atomic E-state index is 0.197. The average molecular weight is 362 g/mol. The van der Waals surface area contributed by atoms with Crippen molar-refractivity contribution in [1.82, 2.24) is 0 Å². The Morgan fingerprint density at radius 3 is 2.58 bits per heavy atom. The first-order valence-corrected chi connectivity index (χ1v) is 8.61. The van der Waals surface area contributed by atoms with Crippen molar-refractivity contribution in [2.24, 2.45) is 34.3 Å². The number of Topliss-reactive ketones (excluding diaryl/α,β-unsaturated/α-hetero) is 1. The fourth-order valence-electron chi connectivity index (χ4n) is 5.25. The summed E-state index contributed by atoms with van der Waals surface area (Å²) in [6.45, 7) is 1.39. The van der Waals surface area contributed by atoms with Gasteiger partial charge in [0, 0.05) is 5.92 Å². The minimum atomic E-state index is -1.50. The van der Waals surface area contributed by atoms with Gasteiger partial charge in [-0.3, -0.25) is 9.59 Å². The molecular formula is C19H20F2N2O3. The third-order valence-electron chi connectivity index (χ3n) is 6.46. The Kier molecular flexibility index (Phi) is 4.35. The van der Waals surface area contributed by atoms with Gasteiger partial charge in [0.05, 0.1) is 18.0 Å². The van der Waals surface area contributed by atoms with E-state index in [0.29, 0.717) is 18.4 Å². The SMILES string of the molecule is CCC1(C(=O)O)C2CC(Cc3ccc(F)c(F)c3)C(C#N)(C(=O)CN)C21. The fraction of sp³-hybridized carbons (Fsp3) is 0.526. The van der Waals surface area contributed by atoms with Crippen molar-refractivity contribution in [1.29, 1.82) is 5.26 Å². The van der Waals surface area contributed by atoms with Gasteiger partial charge in [-0.2, -0.15) is 5.26 Å². The van der Waals surface area contributed by atoms with Crippen LogP contribution < -0.4 is 5.73 Å². The summed E-state index contributed by atoms with van der Waals surface area (Å²) < 4.78 is 26.7. The molecular weight excluding hydrogens is 342 g/mol. The molecule has 138 valence electrons. The molecule has 0 radical (unpaired) electrons. The summed E-state index contributed by atoms with van der Waals surface area (Å²) in [6, 6.07) is 5.58. The highest BCUT2D eigenvalue weighted by atomic mass is 19.2. The van der Waals surface area contributed by atoms with Crippen molar-refractivity contribution in [3.8, 4) is 6.07 Å². The molecule has 26 heavy (non-hydrogen) atoms. The van der Waals surface area contributed by atoms with Crippen LogP contribution in [0.25, 0.3) is 0 Å². The maximum absolute atomic E-state index is 13.5. The minimum Gasteiger partial charge on any atom is -0.481 e. The van der Waals surface area contributed by atoms with Crippen molar-refractivity contribution in [3.05, 3.63) is 35.4 Å². The third kappa shape index (κ3) is 2.21. The Hall–Kier alpha value is -2.33. The molecule has 5 unspecified atom stereocenters. The molecule has 3 rings (SSSR count). The lowest BCUT2D eigenvalue weighted by Gasteiger charge is -2.33. The van der Waals surface area contributed by atoms with Gasteiger partial charge < -0.3 is 10.8 Å². The summed E-state index contributed by atoms with van der Waals surface area (Å²) in [7, 11) is 0.